The first kappa shape index (κ1) is 16.4. The lowest BCUT2D eigenvalue weighted by molar-refractivity contribution is -0.119. The minimum atomic E-state index is -0.533. The molecule has 0 saturated carbocycles. The molecule has 0 saturated heterocycles. The first-order valence-corrected chi connectivity index (χ1v) is 7.12. The number of imide groups is 1. The van der Waals surface area contributed by atoms with Crippen LogP contribution in [0.2, 0.25) is 0 Å². The topological polar surface area (TPSA) is 114 Å². The van der Waals surface area contributed by atoms with Gasteiger partial charge < -0.3 is 10.6 Å². The summed E-state index contributed by atoms with van der Waals surface area (Å²) >= 11 is 1.20. The van der Waals surface area contributed by atoms with E-state index >= 15 is 0 Å². The average molecular weight is 301 g/mol. The second-order valence-electron chi connectivity index (χ2n) is 3.87. The number of carbonyl (C=O) groups excluding carboxylic acids is 2. The summed E-state index contributed by atoms with van der Waals surface area (Å²) in [6, 6.07) is -0.533. The monoisotopic (exact) mass is 301 g/mol. The maximum atomic E-state index is 11.7. The minimum Gasteiger partial charge on any atom is -0.341 e. The van der Waals surface area contributed by atoms with Crippen LogP contribution in [0.1, 0.15) is 13.8 Å². The molecule has 0 spiro atoms. The van der Waals surface area contributed by atoms with Gasteiger partial charge >= 0.3 is 6.03 Å². The van der Waals surface area contributed by atoms with Crippen molar-refractivity contribution in [3.05, 3.63) is 0 Å². The molecule has 1 aromatic rings. The highest BCUT2D eigenvalue weighted by Crippen LogP contribution is 2.19. The first-order chi connectivity index (χ1) is 9.58. The normalized spacial score (nSPS) is 11.9. The number of hydrogen-bond acceptors (Lipinski definition) is 7. The van der Waals surface area contributed by atoms with E-state index in [-0.39, 0.29) is 0 Å². The van der Waals surface area contributed by atoms with E-state index in [9.17, 15) is 9.59 Å². The van der Waals surface area contributed by atoms with Gasteiger partial charge in [-0.25, -0.2) is 9.48 Å². The third-order valence-corrected chi connectivity index (χ3v) is 3.44. The predicted octanol–water partition coefficient (Wildman–Crippen LogP) is -0.781. The van der Waals surface area contributed by atoms with E-state index in [4.69, 9.17) is 0 Å². The van der Waals surface area contributed by atoms with Crippen LogP contribution in [-0.2, 0) is 11.3 Å². The summed E-state index contributed by atoms with van der Waals surface area (Å²) in [4.78, 5) is 22.8. The Labute approximate surface area is 121 Å². The predicted molar refractivity (Wildman–Crippen MR) is 74.3 cm³/mol. The van der Waals surface area contributed by atoms with Crippen molar-refractivity contribution in [3.8, 4) is 0 Å². The summed E-state index contributed by atoms with van der Waals surface area (Å²) in [6.07, 6.45) is 0. The Morgan fingerprint density at radius 3 is 2.85 bits per heavy atom. The number of likely N-dealkylation sites (N-methyl/N-ethyl adjacent to an activating group) is 1. The fourth-order valence-electron chi connectivity index (χ4n) is 1.27. The molecule has 0 aromatic carbocycles. The number of nitrogens with one attached hydrogen (secondary N) is 3. The maximum absolute atomic E-state index is 11.7. The molecule has 1 unspecified atom stereocenters. The van der Waals surface area contributed by atoms with Crippen molar-refractivity contribution >= 4 is 23.7 Å². The lowest BCUT2D eigenvalue weighted by atomic mass is 10.4. The van der Waals surface area contributed by atoms with Crippen molar-refractivity contribution in [2.75, 3.05) is 20.1 Å². The highest BCUT2D eigenvalue weighted by atomic mass is 32.2. The number of hydrogen-bond donors (Lipinski definition) is 3. The van der Waals surface area contributed by atoms with Crippen molar-refractivity contribution in [3.63, 3.8) is 0 Å². The number of tetrazole rings is 1. The van der Waals surface area contributed by atoms with Crippen molar-refractivity contribution < 1.29 is 9.59 Å². The van der Waals surface area contributed by atoms with Crippen LogP contribution in [0.3, 0.4) is 0 Å². The fraction of sp³-hybridized carbons (Fsp3) is 0.700. The second-order valence-corrected chi connectivity index (χ2v) is 5.17. The van der Waals surface area contributed by atoms with Gasteiger partial charge in [-0.15, -0.1) is 5.10 Å². The SMILES string of the molecule is CCNCCn1nnnc1SC(C)C(=O)NC(=O)NC. The first-order valence-electron chi connectivity index (χ1n) is 6.24. The molecule has 1 aromatic heterocycles. The minimum absolute atomic E-state index is 0.393. The molecule has 0 fully saturated rings. The van der Waals surface area contributed by atoms with Gasteiger partial charge in [0.2, 0.25) is 11.1 Å². The molecule has 0 radical (unpaired) electrons. The van der Waals surface area contributed by atoms with Crippen LogP contribution in [0.15, 0.2) is 5.16 Å². The zero-order valence-electron chi connectivity index (χ0n) is 11.7. The summed E-state index contributed by atoms with van der Waals surface area (Å²) < 4.78 is 1.62. The van der Waals surface area contributed by atoms with Gasteiger partial charge in [0, 0.05) is 13.6 Å². The third kappa shape index (κ3) is 5.13. The molecule has 1 rings (SSSR count). The average Bonchev–Trinajstić information content (AvgIpc) is 2.86. The van der Waals surface area contributed by atoms with E-state index < -0.39 is 17.2 Å². The van der Waals surface area contributed by atoms with Crippen LogP contribution >= 0.6 is 11.8 Å². The van der Waals surface area contributed by atoms with Crippen LogP contribution in [-0.4, -0.2) is 57.5 Å². The summed E-state index contributed by atoms with van der Waals surface area (Å²) in [6.45, 7) is 5.93. The Balaban J connectivity index is 2.53. The Hall–Kier alpha value is -1.68. The van der Waals surface area contributed by atoms with Crippen molar-refractivity contribution in [2.45, 2.75) is 30.8 Å². The van der Waals surface area contributed by atoms with Crippen molar-refractivity contribution in [1.29, 1.82) is 0 Å². The van der Waals surface area contributed by atoms with Gasteiger partial charge in [-0.1, -0.05) is 18.7 Å². The molecule has 3 N–H and O–H groups in total. The molecular formula is C10H19N7O2S. The number of carbonyl (C=O) groups is 2. The number of aromatic nitrogens is 4. The third-order valence-electron chi connectivity index (χ3n) is 2.36. The van der Waals surface area contributed by atoms with Crippen molar-refractivity contribution in [1.82, 2.24) is 36.2 Å². The smallest absolute Gasteiger partial charge is 0.321 e. The quantitative estimate of drug-likeness (QED) is 0.447. The van der Waals surface area contributed by atoms with Gasteiger partial charge in [-0.2, -0.15) is 0 Å². The fourth-order valence-corrected chi connectivity index (χ4v) is 2.09. The molecule has 0 bridgehead atoms. The summed E-state index contributed by atoms with van der Waals surface area (Å²) in [5.74, 6) is -0.393. The van der Waals surface area contributed by atoms with E-state index in [0.717, 1.165) is 13.1 Å². The molecule has 0 aliphatic carbocycles. The van der Waals surface area contributed by atoms with E-state index in [1.165, 1.54) is 18.8 Å². The summed E-state index contributed by atoms with van der Waals surface area (Å²) in [5, 5.41) is 19.1. The Bertz CT molecular complexity index is 451. The molecule has 20 heavy (non-hydrogen) atoms. The lowest BCUT2D eigenvalue weighted by Gasteiger charge is -2.10. The van der Waals surface area contributed by atoms with E-state index in [2.05, 4.69) is 31.5 Å². The lowest BCUT2D eigenvalue weighted by Crippen LogP contribution is -2.41. The largest absolute Gasteiger partial charge is 0.341 e. The van der Waals surface area contributed by atoms with Crippen LogP contribution in [0.5, 0.6) is 0 Å². The number of urea groups is 1. The van der Waals surface area contributed by atoms with Gasteiger partial charge in [-0.05, 0) is 23.9 Å². The van der Waals surface area contributed by atoms with Crippen LogP contribution in [0, 0.1) is 0 Å². The zero-order valence-corrected chi connectivity index (χ0v) is 12.5. The number of nitrogens with zero attached hydrogens (tertiary/aromatic N) is 4. The van der Waals surface area contributed by atoms with E-state index in [0.29, 0.717) is 11.7 Å². The Morgan fingerprint density at radius 2 is 2.20 bits per heavy atom. The molecule has 9 nitrogen and oxygen atoms in total. The zero-order chi connectivity index (χ0) is 15.0. The molecule has 1 heterocycles. The molecule has 0 aliphatic heterocycles. The van der Waals surface area contributed by atoms with Gasteiger partial charge in [-0.3, -0.25) is 10.1 Å². The maximum Gasteiger partial charge on any atom is 0.321 e. The molecule has 112 valence electrons. The highest BCUT2D eigenvalue weighted by Gasteiger charge is 2.19. The highest BCUT2D eigenvalue weighted by molar-refractivity contribution is 8.00. The van der Waals surface area contributed by atoms with Crippen LogP contribution < -0.4 is 16.0 Å². The van der Waals surface area contributed by atoms with E-state index in [1.54, 1.807) is 11.6 Å². The molecule has 0 aliphatic rings. The number of thioether (sulfide) groups is 1. The van der Waals surface area contributed by atoms with Gasteiger partial charge in [0.05, 0.1) is 11.8 Å². The number of amides is 3. The standard InChI is InChI=1S/C10H19N7O2S/c1-4-12-5-6-17-10(14-15-16-17)20-7(2)8(18)13-9(19)11-3/h7,12H,4-6H2,1-3H3,(H2,11,13,18,19). The Kier molecular flexibility index (Phi) is 6.94. The van der Waals surface area contributed by atoms with E-state index in [1.807, 2.05) is 6.92 Å². The van der Waals surface area contributed by atoms with Gasteiger partial charge in [0.1, 0.15) is 0 Å². The van der Waals surface area contributed by atoms with Crippen LogP contribution in [0.4, 0.5) is 4.79 Å². The van der Waals surface area contributed by atoms with Crippen LogP contribution in [0.25, 0.3) is 0 Å². The van der Waals surface area contributed by atoms with Crippen molar-refractivity contribution in [2.24, 2.45) is 0 Å². The van der Waals surface area contributed by atoms with Gasteiger partial charge in [0.15, 0.2) is 0 Å². The molecule has 3 amide bonds. The molecular weight excluding hydrogens is 282 g/mol. The second kappa shape index (κ2) is 8.48. The van der Waals surface area contributed by atoms with Gasteiger partial charge in [0.25, 0.3) is 0 Å². The molecule has 10 heteroatoms. The Morgan fingerprint density at radius 1 is 1.45 bits per heavy atom. The summed E-state index contributed by atoms with van der Waals surface area (Å²) in [7, 11) is 1.45. The molecule has 1 atom stereocenters. The number of rotatable bonds is 7. The summed E-state index contributed by atoms with van der Waals surface area (Å²) in [5.41, 5.74) is 0.